The van der Waals surface area contributed by atoms with Gasteiger partial charge < -0.3 is 23.8 Å². The largest absolute Gasteiger partial charge is 0.477 e. The molecule has 0 fully saturated rings. The molecule has 8 nitrogen and oxygen atoms in total. The van der Waals surface area contributed by atoms with Crippen molar-refractivity contribution in [3.63, 3.8) is 0 Å². The smallest absolute Gasteiger partial charge is 0.362 e. The fourth-order valence-electron chi connectivity index (χ4n) is 6.40. The first kappa shape index (κ1) is 54.8. The van der Waals surface area contributed by atoms with E-state index >= 15 is 0 Å². The Morgan fingerprint density at radius 2 is 1.00 bits per heavy atom. The number of carboxylic acids is 1. The molecule has 0 aromatic rings. The highest BCUT2D eigenvalue weighted by atomic mass is 16.6. The van der Waals surface area contributed by atoms with Crippen LogP contribution in [0.3, 0.4) is 0 Å². The molecule has 0 saturated carbocycles. The van der Waals surface area contributed by atoms with Crippen molar-refractivity contribution >= 4 is 17.9 Å². The maximum Gasteiger partial charge on any atom is 0.362 e. The Bertz CT molecular complexity index is 1180. The molecular weight excluding hydrogens is 727 g/mol. The summed E-state index contributed by atoms with van der Waals surface area (Å²) in [5.41, 5.74) is 0. The van der Waals surface area contributed by atoms with Crippen LogP contribution in [-0.2, 0) is 28.6 Å². The minimum atomic E-state index is -0.881. The molecule has 0 heterocycles. The van der Waals surface area contributed by atoms with E-state index < -0.39 is 18.1 Å². The second kappa shape index (κ2) is 40.5. The molecule has 0 radical (unpaired) electrons. The predicted octanol–water partition coefficient (Wildman–Crippen LogP) is 12.7. The van der Waals surface area contributed by atoms with Crippen LogP contribution in [0.25, 0.3) is 0 Å². The van der Waals surface area contributed by atoms with Crippen molar-refractivity contribution in [2.45, 2.75) is 187 Å². The highest BCUT2D eigenvalue weighted by molar-refractivity contribution is 5.72. The van der Waals surface area contributed by atoms with Crippen LogP contribution in [0, 0.1) is 0 Å². The van der Waals surface area contributed by atoms with Gasteiger partial charge in [0.05, 0.1) is 34.4 Å². The molecule has 0 aliphatic carbocycles. The van der Waals surface area contributed by atoms with Crippen LogP contribution in [0.15, 0.2) is 72.9 Å². The molecule has 332 valence electrons. The molecule has 0 amide bonds. The number of esters is 2. The molecule has 58 heavy (non-hydrogen) atoms. The number of carbonyl (C=O) groups excluding carboxylic acids is 2. The van der Waals surface area contributed by atoms with Crippen LogP contribution >= 0.6 is 0 Å². The topological polar surface area (TPSA) is 99.1 Å². The summed E-state index contributed by atoms with van der Waals surface area (Å²) < 4.78 is 17.3. The van der Waals surface area contributed by atoms with E-state index in [0.717, 1.165) is 83.5 Å². The predicted molar refractivity (Wildman–Crippen MR) is 243 cm³/mol. The third-order valence-electron chi connectivity index (χ3n) is 9.91. The highest BCUT2D eigenvalue weighted by Gasteiger charge is 2.31. The average molecular weight is 813 g/mol. The lowest BCUT2D eigenvalue weighted by Gasteiger charge is -2.31. The maximum atomic E-state index is 12.8. The van der Waals surface area contributed by atoms with Gasteiger partial charge in [-0.2, -0.15) is 0 Å². The van der Waals surface area contributed by atoms with E-state index in [-0.39, 0.29) is 36.2 Å². The number of aliphatic carboxylic acids is 1. The Labute approximate surface area is 355 Å². The highest BCUT2D eigenvalue weighted by Crippen LogP contribution is 2.15. The first-order valence-corrected chi connectivity index (χ1v) is 23.0. The average Bonchev–Trinajstić information content (AvgIpc) is 3.18. The Balaban J connectivity index is 4.30. The van der Waals surface area contributed by atoms with Gasteiger partial charge in [0.15, 0.2) is 12.1 Å². The van der Waals surface area contributed by atoms with Crippen molar-refractivity contribution in [3.05, 3.63) is 72.9 Å². The maximum absolute atomic E-state index is 12.8. The lowest BCUT2D eigenvalue weighted by Crippen LogP contribution is -2.50. The van der Waals surface area contributed by atoms with Gasteiger partial charge in [-0.1, -0.05) is 164 Å². The first-order chi connectivity index (χ1) is 28.1. The van der Waals surface area contributed by atoms with E-state index in [2.05, 4.69) is 80.7 Å². The number of ether oxygens (including phenoxy) is 3. The molecular formula is C50H86NO7+. The van der Waals surface area contributed by atoms with Crippen molar-refractivity contribution in [3.8, 4) is 0 Å². The molecule has 0 aliphatic heterocycles. The van der Waals surface area contributed by atoms with E-state index in [1.807, 2.05) is 27.2 Å². The SMILES string of the molecule is CC/C=C/C=C/C=C/CCCCCCCC(=O)OCC(COCCC(C(=O)O)[N+](C)(C)C)OC(=O)CCCCCCCCCCCCC/C=C/C/C=C/C/C=C/CC. The summed E-state index contributed by atoms with van der Waals surface area (Å²) in [5, 5.41) is 9.63. The van der Waals surface area contributed by atoms with Gasteiger partial charge in [0.25, 0.3) is 0 Å². The fraction of sp³-hybridized carbons (Fsp3) is 0.700. The van der Waals surface area contributed by atoms with Crippen LogP contribution < -0.4 is 0 Å². The van der Waals surface area contributed by atoms with Crippen molar-refractivity contribution in [1.82, 2.24) is 0 Å². The number of hydrogen-bond donors (Lipinski definition) is 1. The summed E-state index contributed by atoms with van der Waals surface area (Å²) in [4.78, 5) is 37.0. The van der Waals surface area contributed by atoms with Crippen LogP contribution in [0.4, 0.5) is 0 Å². The monoisotopic (exact) mass is 813 g/mol. The molecule has 0 aliphatic rings. The van der Waals surface area contributed by atoms with E-state index in [9.17, 15) is 19.5 Å². The van der Waals surface area contributed by atoms with Gasteiger partial charge >= 0.3 is 17.9 Å². The molecule has 2 atom stereocenters. The molecule has 0 aromatic heterocycles. The summed E-state index contributed by atoms with van der Waals surface area (Å²) in [6.07, 6.45) is 50.9. The number of allylic oxidation sites excluding steroid dienone is 12. The minimum absolute atomic E-state index is 0.0503. The molecule has 1 N–H and O–H groups in total. The normalized spacial score (nSPS) is 13.6. The Morgan fingerprint density at radius 3 is 1.53 bits per heavy atom. The number of carbonyl (C=O) groups is 3. The quantitative estimate of drug-likeness (QED) is 0.0216. The van der Waals surface area contributed by atoms with Gasteiger partial charge in [-0.15, -0.1) is 0 Å². The number of hydrogen-bond acceptors (Lipinski definition) is 6. The fourth-order valence-corrected chi connectivity index (χ4v) is 6.40. The Hall–Kier alpha value is -3.23. The number of quaternary nitrogens is 1. The standard InChI is InChI=1S/C50H85NO7/c1-6-8-10-12-14-16-18-20-21-22-23-24-25-26-27-29-31-33-35-37-39-41-49(53)58-46(44-56-43-42-47(50(54)55)51(3,4)5)45-57-48(52)40-38-36-34-32-30-28-19-17-15-13-11-9-7-2/h8-11,13-17,19-21,46-47H,6-7,12,18,22-45H2,1-5H3/p+1/b10-8+,11-9+,15-13+,16-14+,19-17+,21-20+. The number of carboxylic acid groups (broad SMARTS) is 1. The third kappa shape index (κ3) is 38.3. The summed E-state index contributed by atoms with van der Waals surface area (Å²) >= 11 is 0. The molecule has 0 rings (SSSR count). The lowest BCUT2D eigenvalue weighted by atomic mass is 10.0. The van der Waals surface area contributed by atoms with Crippen molar-refractivity contribution in [2.24, 2.45) is 0 Å². The van der Waals surface area contributed by atoms with Gasteiger partial charge in [0.1, 0.15) is 6.61 Å². The second-order valence-electron chi connectivity index (χ2n) is 16.3. The number of nitrogens with zero attached hydrogens (tertiary/aromatic N) is 1. The zero-order valence-corrected chi connectivity index (χ0v) is 37.7. The van der Waals surface area contributed by atoms with Crippen molar-refractivity contribution in [1.29, 1.82) is 0 Å². The van der Waals surface area contributed by atoms with Gasteiger partial charge in [-0.3, -0.25) is 9.59 Å². The first-order valence-electron chi connectivity index (χ1n) is 23.0. The third-order valence-corrected chi connectivity index (χ3v) is 9.91. The van der Waals surface area contributed by atoms with E-state index in [1.165, 1.54) is 57.8 Å². The number of rotatable bonds is 40. The number of likely N-dealkylation sites (N-methyl/N-ethyl adjacent to an activating group) is 1. The van der Waals surface area contributed by atoms with E-state index in [0.29, 0.717) is 19.3 Å². The zero-order valence-electron chi connectivity index (χ0n) is 37.7. The van der Waals surface area contributed by atoms with Crippen LogP contribution in [-0.4, -0.2) is 80.6 Å². The van der Waals surface area contributed by atoms with Crippen LogP contribution in [0.2, 0.25) is 0 Å². The van der Waals surface area contributed by atoms with Crippen molar-refractivity contribution < 1.29 is 38.2 Å². The second-order valence-corrected chi connectivity index (χ2v) is 16.3. The molecule has 0 saturated heterocycles. The van der Waals surface area contributed by atoms with E-state index in [4.69, 9.17) is 14.2 Å². The molecule has 0 aromatic carbocycles. The lowest BCUT2D eigenvalue weighted by molar-refractivity contribution is -0.887. The van der Waals surface area contributed by atoms with Crippen LogP contribution in [0.1, 0.15) is 174 Å². The van der Waals surface area contributed by atoms with Gasteiger partial charge in [-0.25, -0.2) is 4.79 Å². The zero-order chi connectivity index (χ0) is 42.8. The summed E-state index contributed by atoms with van der Waals surface area (Å²) in [6.45, 7) is 4.46. The summed E-state index contributed by atoms with van der Waals surface area (Å²) in [7, 11) is 5.51. The Morgan fingerprint density at radius 1 is 0.534 bits per heavy atom. The number of unbranched alkanes of at least 4 members (excludes halogenated alkanes) is 16. The summed E-state index contributed by atoms with van der Waals surface area (Å²) in [6, 6.07) is -0.621. The molecule has 0 bridgehead atoms. The molecule has 0 spiro atoms. The summed E-state index contributed by atoms with van der Waals surface area (Å²) in [5.74, 6) is -1.50. The molecule has 2 unspecified atom stereocenters. The van der Waals surface area contributed by atoms with Gasteiger partial charge in [0, 0.05) is 19.3 Å². The van der Waals surface area contributed by atoms with E-state index in [1.54, 1.807) is 0 Å². The van der Waals surface area contributed by atoms with Gasteiger partial charge in [0.2, 0.25) is 0 Å². The Kier molecular flexibility index (Phi) is 38.3. The van der Waals surface area contributed by atoms with Gasteiger partial charge in [-0.05, 0) is 64.2 Å². The molecule has 8 heteroatoms. The van der Waals surface area contributed by atoms with Crippen LogP contribution in [0.5, 0.6) is 0 Å². The van der Waals surface area contributed by atoms with Crippen molar-refractivity contribution in [2.75, 3.05) is 41.0 Å². The minimum Gasteiger partial charge on any atom is -0.477 e.